The zero-order valence-electron chi connectivity index (χ0n) is 19.5. The Hall–Kier alpha value is -1.09. The maximum absolute atomic E-state index is 13.4. The maximum atomic E-state index is 13.4. The minimum Gasteiger partial charge on any atom is -0.351 e. The van der Waals surface area contributed by atoms with Crippen LogP contribution in [-0.4, -0.2) is 36.6 Å². The number of hydrogen-bond acceptors (Lipinski definition) is 1. The van der Waals surface area contributed by atoms with Gasteiger partial charge in [-0.15, -0.1) is 0 Å². The van der Waals surface area contributed by atoms with Crippen molar-refractivity contribution in [3.05, 3.63) is 0 Å². The Bertz CT molecular complexity index is 515. The molecule has 0 fully saturated rings. The highest BCUT2D eigenvalue weighted by atomic mass is 19.4. The average molecular weight is 498 g/mol. The molecule has 0 aromatic carbocycles. The van der Waals surface area contributed by atoms with Gasteiger partial charge in [-0.3, -0.25) is 4.79 Å². The van der Waals surface area contributed by atoms with Gasteiger partial charge >= 0.3 is 24.2 Å². The number of unbranched alkanes of at least 4 members (excludes halogenated alkanes) is 15. The van der Waals surface area contributed by atoms with E-state index in [2.05, 4.69) is 6.92 Å². The van der Waals surface area contributed by atoms with Crippen LogP contribution in [0, 0.1) is 0 Å². The fraction of sp³-hybridized carbons (Fsp3) is 0.957. The molecule has 0 aromatic rings. The predicted molar refractivity (Wildman–Crippen MR) is 113 cm³/mol. The van der Waals surface area contributed by atoms with Gasteiger partial charge in [-0.25, -0.2) is 8.78 Å². The molecule has 0 rings (SSSR count). The molecule has 0 aromatic heterocycles. The highest BCUT2D eigenvalue weighted by Gasteiger charge is 2.78. The number of alkyl halides is 8. The summed E-state index contributed by atoms with van der Waals surface area (Å²) in [7, 11) is 0. The molecule has 0 aliphatic carbocycles. The smallest absolute Gasteiger partial charge is 0.351 e. The Morgan fingerprint density at radius 3 is 1.30 bits per heavy atom. The first kappa shape index (κ1) is 31.9. The SMILES string of the molecule is CCCCCCCCCCCCCCCCCCNC(=O)C(F)(F)C(F)(F)C(F)(F)C(F)F. The van der Waals surface area contributed by atoms with Gasteiger partial charge < -0.3 is 5.32 Å². The molecule has 0 heterocycles. The van der Waals surface area contributed by atoms with E-state index in [1.54, 1.807) is 0 Å². The summed E-state index contributed by atoms with van der Waals surface area (Å²) in [5.74, 6) is -21.5. The lowest BCUT2D eigenvalue weighted by Crippen LogP contribution is -2.63. The van der Waals surface area contributed by atoms with Gasteiger partial charge in [0, 0.05) is 6.54 Å². The number of halogens is 8. The van der Waals surface area contributed by atoms with Gasteiger partial charge in [0.2, 0.25) is 0 Å². The Kier molecular flexibility index (Phi) is 16.0. The number of rotatable bonds is 21. The molecule has 0 saturated heterocycles. The highest BCUT2D eigenvalue weighted by Crippen LogP contribution is 2.48. The van der Waals surface area contributed by atoms with Crippen LogP contribution in [0.3, 0.4) is 0 Å². The van der Waals surface area contributed by atoms with Crippen molar-refractivity contribution in [2.75, 3.05) is 6.54 Å². The molecule has 0 unspecified atom stereocenters. The second-order valence-corrected chi connectivity index (χ2v) is 8.63. The van der Waals surface area contributed by atoms with Crippen LogP contribution in [0.4, 0.5) is 35.1 Å². The normalized spacial score (nSPS) is 13.0. The molecule has 0 spiro atoms. The molecule has 0 atom stereocenters. The van der Waals surface area contributed by atoms with Gasteiger partial charge in [0.25, 0.3) is 5.91 Å². The lowest BCUT2D eigenvalue weighted by Gasteiger charge is -2.31. The number of hydrogen-bond donors (Lipinski definition) is 1. The minimum atomic E-state index is -6.51. The molecule has 1 amide bonds. The summed E-state index contributed by atoms with van der Waals surface area (Å²) in [4.78, 5) is 11.2. The van der Waals surface area contributed by atoms with Crippen LogP contribution in [0.1, 0.15) is 110 Å². The summed E-state index contributed by atoms with van der Waals surface area (Å²) in [6.07, 6.45) is 12.1. The number of carbonyl (C=O) groups is 1. The van der Waals surface area contributed by atoms with Crippen molar-refractivity contribution in [2.24, 2.45) is 0 Å². The van der Waals surface area contributed by atoms with Gasteiger partial charge in [-0.2, -0.15) is 26.3 Å². The van der Waals surface area contributed by atoms with Crippen molar-refractivity contribution < 1.29 is 39.9 Å². The highest BCUT2D eigenvalue weighted by molar-refractivity contribution is 5.84. The summed E-state index contributed by atoms with van der Waals surface area (Å²) in [6.45, 7) is 1.77. The van der Waals surface area contributed by atoms with Crippen molar-refractivity contribution >= 4 is 5.91 Å². The molecule has 33 heavy (non-hydrogen) atoms. The monoisotopic (exact) mass is 497 g/mol. The average Bonchev–Trinajstić information content (AvgIpc) is 2.75. The Morgan fingerprint density at radius 2 is 0.970 bits per heavy atom. The summed E-state index contributed by atoms with van der Waals surface area (Å²) in [5.41, 5.74) is 0. The molecule has 1 N–H and O–H groups in total. The fourth-order valence-corrected chi connectivity index (χ4v) is 3.47. The molecule has 0 saturated carbocycles. The Labute approximate surface area is 192 Å². The molecular weight excluding hydrogens is 458 g/mol. The van der Waals surface area contributed by atoms with Crippen LogP contribution in [0.15, 0.2) is 0 Å². The van der Waals surface area contributed by atoms with Gasteiger partial charge in [0.15, 0.2) is 0 Å². The van der Waals surface area contributed by atoms with Crippen LogP contribution in [0.2, 0.25) is 0 Å². The first-order chi connectivity index (χ1) is 15.4. The first-order valence-electron chi connectivity index (χ1n) is 12.1. The van der Waals surface area contributed by atoms with Crippen molar-refractivity contribution in [2.45, 2.75) is 134 Å². The van der Waals surface area contributed by atoms with Crippen LogP contribution in [-0.2, 0) is 4.79 Å². The lowest BCUT2D eigenvalue weighted by molar-refractivity contribution is -0.327. The van der Waals surface area contributed by atoms with E-state index in [-0.39, 0.29) is 6.42 Å². The zero-order chi connectivity index (χ0) is 25.4. The van der Waals surface area contributed by atoms with Crippen molar-refractivity contribution in [1.29, 1.82) is 0 Å². The molecule has 10 heteroatoms. The first-order valence-corrected chi connectivity index (χ1v) is 12.1. The van der Waals surface area contributed by atoms with E-state index in [0.717, 1.165) is 32.1 Å². The van der Waals surface area contributed by atoms with E-state index < -0.39 is 36.6 Å². The van der Waals surface area contributed by atoms with E-state index in [1.165, 1.54) is 63.1 Å². The van der Waals surface area contributed by atoms with E-state index >= 15 is 0 Å². The molecule has 2 nitrogen and oxygen atoms in total. The third kappa shape index (κ3) is 11.3. The van der Waals surface area contributed by atoms with Crippen LogP contribution in [0.25, 0.3) is 0 Å². The lowest BCUT2D eigenvalue weighted by atomic mass is 10.0. The minimum absolute atomic E-state index is 0.191. The van der Waals surface area contributed by atoms with Crippen LogP contribution < -0.4 is 5.32 Å². The Morgan fingerprint density at radius 1 is 0.636 bits per heavy atom. The summed E-state index contributed by atoms with van der Waals surface area (Å²) in [6, 6.07) is 0. The molecule has 0 radical (unpaired) electrons. The standard InChI is InChI=1S/C23H39F8NO/c1-2-3-4-5-6-7-8-9-10-11-12-13-14-15-16-17-18-32-20(33)22(28,29)23(30,31)21(26,27)19(24)25/h19H,2-18H2,1H3,(H,32,33). The zero-order valence-corrected chi connectivity index (χ0v) is 19.5. The number of amides is 1. The second kappa shape index (κ2) is 16.5. The van der Waals surface area contributed by atoms with Gasteiger partial charge in [0.05, 0.1) is 0 Å². The predicted octanol–water partition coefficient (Wildman–Crippen LogP) is 8.54. The summed E-state index contributed by atoms with van der Waals surface area (Å²) >= 11 is 0. The molecule has 0 aliphatic heterocycles. The van der Waals surface area contributed by atoms with Crippen molar-refractivity contribution in [3.8, 4) is 0 Å². The van der Waals surface area contributed by atoms with Crippen LogP contribution >= 0.6 is 0 Å². The Balaban J connectivity index is 3.76. The van der Waals surface area contributed by atoms with Gasteiger partial charge in [0.1, 0.15) is 0 Å². The van der Waals surface area contributed by atoms with Crippen molar-refractivity contribution in [1.82, 2.24) is 5.32 Å². The maximum Gasteiger partial charge on any atom is 0.392 e. The third-order valence-electron chi connectivity index (χ3n) is 5.69. The van der Waals surface area contributed by atoms with E-state index in [9.17, 15) is 39.9 Å². The molecule has 0 aliphatic rings. The van der Waals surface area contributed by atoms with E-state index in [4.69, 9.17) is 0 Å². The van der Waals surface area contributed by atoms with E-state index in [1.807, 2.05) is 0 Å². The quantitative estimate of drug-likeness (QED) is 0.125. The number of nitrogens with one attached hydrogen (secondary N) is 1. The fourth-order valence-electron chi connectivity index (χ4n) is 3.47. The van der Waals surface area contributed by atoms with E-state index in [0.29, 0.717) is 6.42 Å². The van der Waals surface area contributed by atoms with Crippen LogP contribution in [0.5, 0.6) is 0 Å². The second-order valence-electron chi connectivity index (χ2n) is 8.63. The largest absolute Gasteiger partial charge is 0.392 e. The molecular formula is C23H39F8NO. The topological polar surface area (TPSA) is 29.1 Å². The number of carbonyl (C=O) groups excluding carboxylic acids is 1. The van der Waals surface area contributed by atoms with Gasteiger partial charge in [-0.05, 0) is 6.42 Å². The third-order valence-corrected chi connectivity index (χ3v) is 5.69. The summed E-state index contributed by atoms with van der Waals surface area (Å²) < 4.78 is 103. The van der Waals surface area contributed by atoms with Gasteiger partial charge in [-0.1, -0.05) is 103 Å². The van der Waals surface area contributed by atoms with Crippen molar-refractivity contribution in [3.63, 3.8) is 0 Å². The molecule has 198 valence electrons. The molecule has 0 bridgehead atoms. The summed E-state index contributed by atoms with van der Waals surface area (Å²) in [5, 5.41) is 1.44.